The molecule has 0 radical (unpaired) electrons. The molecule has 106 valence electrons. The largest absolute Gasteiger partial charge is 0.394 e. The molecule has 0 saturated carbocycles. The van der Waals surface area contributed by atoms with Gasteiger partial charge >= 0.3 is 0 Å². The Morgan fingerprint density at radius 2 is 2.10 bits per heavy atom. The lowest BCUT2D eigenvalue weighted by molar-refractivity contribution is 0.0916. The smallest absolute Gasteiger partial charge is 0.255 e. The number of hydrogen-bond acceptors (Lipinski definition) is 3. The topological polar surface area (TPSA) is 67.2 Å². The van der Waals surface area contributed by atoms with E-state index in [0.717, 1.165) is 12.0 Å². The SMILES string of the molecule is CCc1ccc(C(CO)NC(=O)c2cnn(C)c2)cc1. The standard InChI is InChI=1S/C15H19N3O2/c1-3-11-4-6-12(7-5-11)14(10-19)17-15(20)13-8-16-18(2)9-13/h4-9,14,19H,3,10H2,1-2H3,(H,17,20). The zero-order chi connectivity index (χ0) is 14.5. The third-order valence-electron chi connectivity index (χ3n) is 3.25. The Balaban J connectivity index is 2.09. The lowest BCUT2D eigenvalue weighted by Crippen LogP contribution is -2.30. The Morgan fingerprint density at radius 3 is 2.60 bits per heavy atom. The number of carbonyl (C=O) groups excluding carboxylic acids is 1. The number of aliphatic hydroxyl groups excluding tert-OH is 1. The molecule has 1 amide bonds. The zero-order valence-electron chi connectivity index (χ0n) is 11.7. The van der Waals surface area contributed by atoms with E-state index in [0.29, 0.717) is 5.56 Å². The van der Waals surface area contributed by atoms with Crippen LogP contribution in [0.2, 0.25) is 0 Å². The summed E-state index contributed by atoms with van der Waals surface area (Å²) in [5.74, 6) is -0.239. The molecule has 2 N–H and O–H groups in total. The number of aromatic nitrogens is 2. The average molecular weight is 273 g/mol. The summed E-state index contributed by atoms with van der Waals surface area (Å²) in [7, 11) is 1.75. The molecule has 0 aliphatic heterocycles. The molecule has 0 saturated heterocycles. The minimum Gasteiger partial charge on any atom is -0.394 e. The number of hydrogen-bond donors (Lipinski definition) is 2. The predicted molar refractivity (Wildman–Crippen MR) is 76.3 cm³/mol. The van der Waals surface area contributed by atoms with Gasteiger partial charge in [-0.2, -0.15) is 5.10 Å². The zero-order valence-corrected chi connectivity index (χ0v) is 11.7. The van der Waals surface area contributed by atoms with Gasteiger partial charge in [0.25, 0.3) is 5.91 Å². The van der Waals surface area contributed by atoms with Crippen LogP contribution in [0.3, 0.4) is 0 Å². The monoisotopic (exact) mass is 273 g/mol. The molecular weight excluding hydrogens is 254 g/mol. The van der Waals surface area contributed by atoms with Gasteiger partial charge in [-0.1, -0.05) is 31.2 Å². The Hall–Kier alpha value is -2.14. The van der Waals surface area contributed by atoms with Gasteiger partial charge in [-0.05, 0) is 17.5 Å². The van der Waals surface area contributed by atoms with E-state index in [1.807, 2.05) is 24.3 Å². The van der Waals surface area contributed by atoms with E-state index >= 15 is 0 Å². The highest BCUT2D eigenvalue weighted by molar-refractivity contribution is 5.93. The molecule has 2 aromatic rings. The summed E-state index contributed by atoms with van der Waals surface area (Å²) in [5, 5.41) is 16.2. The normalized spacial score (nSPS) is 12.2. The van der Waals surface area contributed by atoms with Gasteiger partial charge in [0.1, 0.15) is 0 Å². The first-order valence-corrected chi connectivity index (χ1v) is 6.63. The fraction of sp³-hybridized carbons (Fsp3) is 0.333. The van der Waals surface area contributed by atoms with Crippen molar-refractivity contribution in [1.82, 2.24) is 15.1 Å². The van der Waals surface area contributed by atoms with Gasteiger partial charge in [0.2, 0.25) is 0 Å². The Morgan fingerprint density at radius 1 is 1.40 bits per heavy atom. The fourth-order valence-corrected chi connectivity index (χ4v) is 2.00. The van der Waals surface area contributed by atoms with Crippen LogP contribution in [0.5, 0.6) is 0 Å². The van der Waals surface area contributed by atoms with Crippen molar-refractivity contribution in [3.05, 3.63) is 53.3 Å². The van der Waals surface area contributed by atoms with Gasteiger partial charge in [0.05, 0.1) is 24.4 Å². The first kappa shape index (κ1) is 14.3. The fourth-order valence-electron chi connectivity index (χ4n) is 2.00. The molecule has 0 fully saturated rings. The Bertz CT molecular complexity index is 575. The summed E-state index contributed by atoms with van der Waals surface area (Å²) in [6.07, 6.45) is 4.11. The molecule has 1 aromatic heterocycles. The minimum atomic E-state index is -0.409. The maximum absolute atomic E-state index is 12.0. The Kier molecular flexibility index (Phi) is 4.53. The molecule has 0 aliphatic carbocycles. The number of aliphatic hydroxyl groups is 1. The van der Waals surface area contributed by atoms with Crippen LogP contribution in [-0.4, -0.2) is 27.4 Å². The summed E-state index contributed by atoms with van der Waals surface area (Å²) in [4.78, 5) is 12.0. The molecular formula is C15H19N3O2. The molecule has 20 heavy (non-hydrogen) atoms. The summed E-state index contributed by atoms with van der Waals surface area (Å²) in [6.45, 7) is 1.94. The molecule has 0 bridgehead atoms. The van der Waals surface area contributed by atoms with Crippen LogP contribution >= 0.6 is 0 Å². The first-order valence-electron chi connectivity index (χ1n) is 6.63. The van der Waals surface area contributed by atoms with Crippen LogP contribution in [0.25, 0.3) is 0 Å². The highest BCUT2D eigenvalue weighted by Gasteiger charge is 2.15. The molecule has 1 heterocycles. The maximum atomic E-state index is 12.0. The molecule has 1 atom stereocenters. The molecule has 2 rings (SSSR count). The number of rotatable bonds is 5. The maximum Gasteiger partial charge on any atom is 0.255 e. The molecule has 5 nitrogen and oxygen atoms in total. The van der Waals surface area contributed by atoms with Crippen molar-refractivity contribution < 1.29 is 9.90 Å². The van der Waals surface area contributed by atoms with Crippen molar-refractivity contribution in [2.24, 2.45) is 7.05 Å². The first-order chi connectivity index (χ1) is 9.63. The van der Waals surface area contributed by atoms with E-state index in [9.17, 15) is 9.90 Å². The van der Waals surface area contributed by atoms with E-state index < -0.39 is 6.04 Å². The third-order valence-corrected chi connectivity index (χ3v) is 3.25. The molecule has 0 spiro atoms. The van der Waals surface area contributed by atoms with Gasteiger partial charge in [0, 0.05) is 13.2 Å². The Labute approximate surface area is 118 Å². The van der Waals surface area contributed by atoms with Gasteiger partial charge in [-0.3, -0.25) is 9.48 Å². The second-order valence-electron chi connectivity index (χ2n) is 4.71. The van der Waals surface area contributed by atoms with Crippen molar-refractivity contribution in [3.63, 3.8) is 0 Å². The molecule has 1 aromatic carbocycles. The van der Waals surface area contributed by atoms with Crippen molar-refractivity contribution in [2.75, 3.05) is 6.61 Å². The van der Waals surface area contributed by atoms with E-state index in [-0.39, 0.29) is 12.5 Å². The molecule has 5 heteroatoms. The second-order valence-corrected chi connectivity index (χ2v) is 4.71. The van der Waals surface area contributed by atoms with Crippen molar-refractivity contribution in [3.8, 4) is 0 Å². The van der Waals surface area contributed by atoms with E-state index in [2.05, 4.69) is 17.3 Å². The van der Waals surface area contributed by atoms with Gasteiger partial charge < -0.3 is 10.4 Å². The summed E-state index contributed by atoms with van der Waals surface area (Å²) in [6, 6.07) is 7.48. The van der Waals surface area contributed by atoms with Crippen molar-refractivity contribution in [1.29, 1.82) is 0 Å². The quantitative estimate of drug-likeness (QED) is 0.866. The molecule has 0 aliphatic rings. The number of benzene rings is 1. The number of nitrogens with one attached hydrogen (secondary N) is 1. The van der Waals surface area contributed by atoms with E-state index in [1.165, 1.54) is 11.8 Å². The molecule has 1 unspecified atom stereocenters. The second kappa shape index (κ2) is 6.34. The highest BCUT2D eigenvalue weighted by atomic mass is 16.3. The number of carbonyl (C=O) groups is 1. The summed E-state index contributed by atoms with van der Waals surface area (Å²) >= 11 is 0. The van der Waals surface area contributed by atoms with E-state index in [4.69, 9.17) is 0 Å². The summed E-state index contributed by atoms with van der Waals surface area (Å²) < 4.78 is 1.57. The summed E-state index contributed by atoms with van der Waals surface area (Å²) in [5.41, 5.74) is 2.60. The average Bonchev–Trinajstić information content (AvgIpc) is 2.91. The highest BCUT2D eigenvalue weighted by Crippen LogP contribution is 2.14. The lowest BCUT2D eigenvalue weighted by Gasteiger charge is -2.16. The number of amides is 1. The van der Waals surface area contributed by atoms with Crippen LogP contribution in [0, 0.1) is 0 Å². The van der Waals surface area contributed by atoms with Crippen LogP contribution in [0.15, 0.2) is 36.7 Å². The number of aryl methyl sites for hydroxylation is 2. The number of nitrogens with zero attached hydrogens (tertiary/aromatic N) is 2. The van der Waals surface area contributed by atoms with Crippen molar-refractivity contribution in [2.45, 2.75) is 19.4 Å². The van der Waals surface area contributed by atoms with Crippen LogP contribution in [0.1, 0.15) is 34.5 Å². The predicted octanol–water partition coefficient (Wildman–Crippen LogP) is 1.45. The minimum absolute atomic E-state index is 0.141. The van der Waals surface area contributed by atoms with Gasteiger partial charge in [0.15, 0.2) is 0 Å². The lowest BCUT2D eigenvalue weighted by atomic mass is 10.0. The van der Waals surface area contributed by atoms with Crippen molar-refractivity contribution >= 4 is 5.91 Å². The van der Waals surface area contributed by atoms with Gasteiger partial charge in [-0.25, -0.2) is 0 Å². The van der Waals surface area contributed by atoms with Crippen LogP contribution in [-0.2, 0) is 13.5 Å². The van der Waals surface area contributed by atoms with E-state index in [1.54, 1.807) is 17.9 Å². The van der Waals surface area contributed by atoms with Crippen LogP contribution < -0.4 is 5.32 Å². The van der Waals surface area contributed by atoms with Crippen LogP contribution in [0.4, 0.5) is 0 Å². The third kappa shape index (κ3) is 3.24. The van der Waals surface area contributed by atoms with Gasteiger partial charge in [-0.15, -0.1) is 0 Å².